The first-order valence-corrected chi connectivity index (χ1v) is 10.3. The van der Waals surface area contributed by atoms with Crippen LogP contribution in [-0.4, -0.2) is 37.6 Å². The van der Waals surface area contributed by atoms with Gasteiger partial charge in [-0.15, -0.1) is 0 Å². The molecule has 1 amide bonds. The van der Waals surface area contributed by atoms with E-state index in [9.17, 15) is 4.79 Å². The normalized spacial score (nSPS) is 10.5. The van der Waals surface area contributed by atoms with Crippen molar-refractivity contribution in [1.82, 2.24) is 19.4 Å². The number of nitriles is 1. The Morgan fingerprint density at radius 2 is 2.03 bits per heavy atom. The second-order valence-electron chi connectivity index (χ2n) is 6.80. The molecule has 3 rings (SSSR count). The number of aryl methyl sites for hydroxylation is 2. The quantitative estimate of drug-likeness (QED) is 0.531. The topological polar surface area (TPSA) is 74.8 Å². The molecule has 6 nitrogen and oxygen atoms in total. The molecule has 0 aliphatic heterocycles. The van der Waals surface area contributed by atoms with E-state index in [0.717, 1.165) is 16.4 Å². The minimum atomic E-state index is -0.0240. The van der Waals surface area contributed by atoms with E-state index in [-0.39, 0.29) is 11.7 Å². The molecule has 0 atom stereocenters. The molecule has 3 aromatic rings. The van der Waals surface area contributed by atoms with Crippen LogP contribution in [-0.2, 0) is 11.3 Å². The van der Waals surface area contributed by atoms with E-state index in [1.807, 2.05) is 22.9 Å². The van der Waals surface area contributed by atoms with Crippen molar-refractivity contribution in [2.75, 3.05) is 12.3 Å². The molecule has 0 unspecified atom stereocenters. The van der Waals surface area contributed by atoms with Gasteiger partial charge in [0, 0.05) is 43.6 Å². The minimum Gasteiger partial charge on any atom is -0.337 e. The van der Waals surface area contributed by atoms with Crippen molar-refractivity contribution in [3.8, 4) is 11.8 Å². The van der Waals surface area contributed by atoms with E-state index in [1.54, 1.807) is 23.5 Å². The number of hydrogen-bond donors (Lipinski definition) is 0. The van der Waals surface area contributed by atoms with Gasteiger partial charge >= 0.3 is 0 Å². The molecule has 0 aliphatic rings. The summed E-state index contributed by atoms with van der Waals surface area (Å²) in [6.45, 7) is 4.97. The van der Waals surface area contributed by atoms with Gasteiger partial charge in [0.1, 0.15) is 0 Å². The Morgan fingerprint density at radius 3 is 2.72 bits per heavy atom. The Hall–Kier alpha value is -3.11. The van der Waals surface area contributed by atoms with Crippen LogP contribution in [0.25, 0.3) is 5.69 Å². The number of imidazole rings is 1. The highest BCUT2D eigenvalue weighted by Crippen LogP contribution is 2.23. The van der Waals surface area contributed by atoms with E-state index < -0.39 is 0 Å². The molecule has 1 aromatic carbocycles. The fourth-order valence-corrected chi connectivity index (χ4v) is 3.97. The summed E-state index contributed by atoms with van der Waals surface area (Å²) in [5.74, 6) is 0.233. The van der Waals surface area contributed by atoms with Gasteiger partial charge in [-0.25, -0.2) is 4.98 Å². The maximum absolute atomic E-state index is 12.8. The van der Waals surface area contributed by atoms with Crippen molar-refractivity contribution in [1.29, 1.82) is 5.26 Å². The average Bonchev–Trinajstić information content (AvgIpc) is 3.18. The molecule has 0 bridgehead atoms. The summed E-state index contributed by atoms with van der Waals surface area (Å²) in [6, 6.07) is 12.2. The predicted molar refractivity (Wildman–Crippen MR) is 114 cm³/mol. The molecular formula is C22H23N5OS. The number of nitrogens with zero attached hydrogens (tertiary/aromatic N) is 5. The Morgan fingerprint density at radius 1 is 1.24 bits per heavy atom. The van der Waals surface area contributed by atoms with Gasteiger partial charge in [0.2, 0.25) is 5.91 Å². The summed E-state index contributed by atoms with van der Waals surface area (Å²) in [4.78, 5) is 23.1. The summed E-state index contributed by atoms with van der Waals surface area (Å²) in [6.07, 6.45) is 7.39. The summed E-state index contributed by atoms with van der Waals surface area (Å²) in [5.41, 5.74) is 4.34. The van der Waals surface area contributed by atoms with E-state index in [0.29, 0.717) is 19.5 Å². The van der Waals surface area contributed by atoms with Crippen LogP contribution in [0.15, 0.2) is 60.3 Å². The number of carbonyl (C=O) groups is 1. The van der Waals surface area contributed by atoms with Gasteiger partial charge in [0.15, 0.2) is 5.16 Å². The molecule has 7 heteroatoms. The highest BCUT2D eigenvalue weighted by molar-refractivity contribution is 7.99. The smallest absolute Gasteiger partial charge is 0.233 e. The second-order valence-corrected chi connectivity index (χ2v) is 7.74. The molecule has 0 aliphatic carbocycles. The molecule has 148 valence electrons. The zero-order chi connectivity index (χ0) is 20.6. The number of pyridine rings is 1. The van der Waals surface area contributed by atoms with Crippen molar-refractivity contribution < 1.29 is 4.79 Å². The van der Waals surface area contributed by atoms with Crippen LogP contribution < -0.4 is 0 Å². The first kappa shape index (κ1) is 20.6. The number of benzene rings is 1. The highest BCUT2D eigenvalue weighted by atomic mass is 32.2. The predicted octanol–water partition coefficient (Wildman–Crippen LogP) is 3.92. The Kier molecular flexibility index (Phi) is 7.04. The van der Waals surface area contributed by atoms with Crippen molar-refractivity contribution in [3.63, 3.8) is 0 Å². The number of aromatic nitrogens is 3. The molecular weight excluding hydrogens is 382 g/mol. The summed E-state index contributed by atoms with van der Waals surface area (Å²) >= 11 is 1.40. The Bertz CT molecular complexity index is 989. The summed E-state index contributed by atoms with van der Waals surface area (Å²) < 4.78 is 2.00. The first-order valence-electron chi connectivity index (χ1n) is 9.35. The van der Waals surface area contributed by atoms with Crippen molar-refractivity contribution in [3.05, 3.63) is 71.8 Å². The van der Waals surface area contributed by atoms with Crippen LogP contribution >= 0.6 is 11.8 Å². The van der Waals surface area contributed by atoms with Crippen LogP contribution in [0.2, 0.25) is 0 Å². The zero-order valence-electron chi connectivity index (χ0n) is 16.6. The molecule has 0 N–H and O–H groups in total. The maximum atomic E-state index is 12.8. The summed E-state index contributed by atoms with van der Waals surface area (Å²) in [7, 11) is 0. The van der Waals surface area contributed by atoms with Gasteiger partial charge in [-0.1, -0.05) is 23.9 Å². The fraction of sp³-hybridized carbons (Fsp3) is 0.273. The molecule has 29 heavy (non-hydrogen) atoms. The third-order valence-electron chi connectivity index (χ3n) is 4.36. The Balaban J connectivity index is 1.70. The lowest BCUT2D eigenvalue weighted by Gasteiger charge is -2.21. The van der Waals surface area contributed by atoms with Crippen LogP contribution in [0.1, 0.15) is 23.1 Å². The van der Waals surface area contributed by atoms with Crippen LogP contribution in [0.3, 0.4) is 0 Å². The molecule has 0 fully saturated rings. The Labute approximate surface area is 175 Å². The monoisotopic (exact) mass is 405 g/mol. The molecule has 0 saturated heterocycles. The first-order chi connectivity index (χ1) is 14.1. The van der Waals surface area contributed by atoms with E-state index >= 15 is 0 Å². The largest absolute Gasteiger partial charge is 0.337 e. The summed E-state index contributed by atoms with van der Waals surface area (Å²) in [5, 5.41) is 9.70. The fourth-order valence-electron chi connectivity index (χ4n) is 3.09. The maximum Gasteiger partial charge on any atom is 0.233 e. The zero-order valence-corrected chi connectivity index (χ0v) is 17.4. The van der Waals surface area contributed by atoms with Gasteiger partial charge in [-0.3, -0.25) is 14.3 Å². The lowest BCUT2D eigenvalue weighted by molar-refractivity contribution is -0.128. The van der Waals surface area contributed by atoms with Crippen molar-refractivity contribution in [2.24, 2.45) is 0 Å². The van der Waals surface area contributed by atoms with Gasteiger partial charge in [0.25, 0.3) is 0 Å². The van der Waals surface area contributed by atoms with Crippen molar-refractivity contribution in [2.45, 2.75) is 32.0 Å². The molecule has 2 heterocycles. The molecule has 0 spiro atoms. The van der Waals surface area contributed by atoms with Crippen LogP contribution in [0.4, 0.5) is 0 Å². The van der Waals surface area contributed by atoms with E-state index in [4.69, 9.17) is 5.26 Å². The second kappa shape index (κ2) is 9.89. The van der Waals surface area contributed by atoms with Gasteiger partial charge < -0.3 is 4.90 Å². The molecule has 2 aromatic heterocycles. The van der Waals surface area contributed by atoms with Gasteiger partial charge in [0.05, 0.1) is 18.2 Å². The number of thioether (sulfide) groups is 1. The van der Waals surface area contributed by atoms with E-state index in [2.05, 4.69) is 48.1 Å². The minimum absolute atomic E-state index is 0.0240. The molecule has 0 radical (unpaired) electrons. The number of hydrogen-bond acceptors (Lipinski definition) is 5. The number of amides is 1. The standard InChI is InChI=1S/C22H23N5OS/c1-17-11-18(2)13-20(12-17)27-10-8-25-22(27)29-16-21(28)26(9-4-6-23)15-19-5-3-7-24-14-19/h3,5,7-8,10-14H,4,9,15-16H2,1-2H3. The third-order valence-corrected chi connectivity index (χ3v) is 5.31. The highest BCUT2D eigenvalue weighted by Gasteiger charge is 2.16. The van der Waals surface area contributed by atoms with Gasteiger partial charge in [-0.2, -0.15) is 5.26 Å². The lowest BCUT2D eigenvalue weighted by atomic mass is 10.1. The van der Waals surface area contributed by atoms with Crippen LogP contribution in [0, 0.1) is 25.2 Å². The number of carbonyl (C=O) groups excluding carboxylic acids is 1. The van der Waals surface area contributed by atoms with Gasteiger partial charge in [-0.05, 0) is 48.7 Å². The molecule has 0 saturated carbocycles. The van der Waals surface area contributed by atoms with E-state index in [1.165, 1.54) is 22.9 Å². The third kappa shape index (κ3) is 5.69. The average molecular weight is 406 g/mol. The SMILES string of the molecule is Cc1cc(C)cc(-n2ccnc2SCC(=O)N(CCC#N)Cc2cccnc2)c1. The van der Waals surface area contributed by atoms with Crippen molar-refractivity contribution >= 4 is 17.7 Å². The number of rotatable bonds is 8. The lowest BCUT2D eigenvalue weighted by Crippen LogP contribution is -2.33. The van der Waals surface area contributed by atoms with Crippen LogP contribution in [0.5, 0.6) is 0 Å².